The predicted molar refractivity (Wildman–Crippen MR) is 45.2 cm³/mol. The highest BCUT2D eigenvalue weighted by Gasteiger charge is 1.90. The quantitative estimate of drug-likeness (QED) is 0.433. The first kappa shape index (κ1) is 9.70. The Kier molecular flexibility index (Phi) is 5.32. The molecule has 0 amide bonds. The van der Waals surface area contributed by atoms with Gasteiger partial charge in [-0.05, 0) is 32.8 Å². The van der Waals surface area contributed by atoms with Crippen molar-refractivity contribution in [2.75, 3.05) is 13.2 Å². The van der Waals surface area contributed by atoms with Gasteiger partial charge in [0.2, 0.25) is 0 Å². The molecular weight excluding hydrogens is 124 g/mol. The molecule has 0 unspecified atom stereocenters. The van der Waals surface area contributed by atoms with Gasteiger partial charge in [0.1, 0.15) is 0 Å². The summed E-state index contributed by atoms with van der Waals surface area (Å²) in [5, 5.41) is 0. The van der Waals surface area contributed by atoms with Gasteiger partial charge in [-0.2, -0.15) is 0 Å². The second-order valence-electron chi connectivity index (χ2n) is 2.83. The normalized spacial score (nSPS) is 9.60. The van der Waals surface area contributed by atoms with Crippen molar-refractivity contribution in [3.63, 3.8) is 0 Å². The Balaban J connectivity index is 3.40. The standard InChI is InChI=1S/C9H18O/c1-5-6-10-7-9(4)8(2)3/h5-7H2,1-4H3. The highest BCUT2D eigenvalue weighted by molar-refractivity contribution is 5.06. The summed E-state index contributed by atoms with van der Waals surface area (Å²) in [6.07, 6.45) is 1.11. The molecule has 0 aromatic heterocycles. The molecule has 0 radical (unpaired) electrons. The van der Waals surface area contributed by atoms with Crippen molar-refractivity contribution in [2.24, 2.45) is 0 Å². The van der Waals surface area contributed by atoms with Crippen LogP contribution in [-0.2, 0) is 4.74 Å². The monoisotopic (exact) mass is 142 g/mol. The van der Waals surface area contributed by atoms with Gasteiger partial charge in [0.05, 0.1) is 6.61 Å². The van der Waals surface area contributed by atoms with Crippen molar-refractivity contribution < 1.29 is 4.74 Å². The van der Waals surface area contributed by atoms with E-state index in [0.29, 0.717) is 0 Å². The lowest BCUT2D eigenvalue weighted by atomic mass is 10.2. The molecule has 1 nitrogen and oxygen atoms in total. The minimum Gasteiger partial charge on any atom is -0.377 e. The molecule has 0 aromatic carbocycles. The van der Waals surface area contributed by atoms with Gasteiger partial charge >= 0.3 is 0 Å². The van der Waals surface area contributed by atoms with E-state index < -0.39 is 0 Å². The molecule has 10 heavy (non-hydrogen) atoms. The van der Waals surface area contributed by atoms with Crippen LogP contribution in [0.2, 0.25) is 0 Å². The average molecular weight is 142 g/mol. The zero-order valence-corrected chi connectivity index (χ0v) is 7.53. The summed E-state index contributed by atoms with van der Waals surface area (Å²) in [4.78, 5) is 0. The summed E-state index contributed by atoms with van der Waals surface area (Å²) >= 11 is 0. The van der Waals surface area contributed by atoms with Crippen molar-refractivity contribution in [3.05, 3.63) is 11.1 Å². The number of hydrogen-bond donors (Lipinski definition) is 0. The number of hydrogen-bond acceptors (Lipinski definition) is 1. The molecule has 0 rings (SSSR count). The smallest absolute Gasteiger partial charge is 0.0676 e. The van der Waals surface area contributed by atoms with E-state index in [0.717, 1.165) is 19.6 Å². The van der Waals surface area contributed by atoms with E-state index in [1.165, 1.54) is 11.1 Å². The second kappa shape index (κ2) is 5.48. The van der Waals surface area contributed by atoms with Crippen molar-refractivity contribution in [1.82, 2.24) is 0 Å². The molecule has 0 saturated heterocycles. The first-order chi connectivity index (χ1) is 4.68. The summed E-state index contributed by atoms with van der Waals surface area (Å²) in [5.74, 6) is 0. The highest BCUT2D eigenvalue weighted by Crippen LogP contribution is 2.01. The van der Waals surface area contributed by atoms with Crippen LogP contribution < -0.4 is 0 Å². The largest absolute Gasteiger partial charge is 0.377 e. The summed E-state index contributed by atoms with van der Waals surface area (Å²) in [6.45, 7) is 10.2. The Labute approximate surface area is 64.1 Å². The summed E-state index contributed by atoms with van der Waals surface area (Å²) in [6, 6.07) is 0. The second-order valence-corrected chi connectivity index (χ2v) is 2.83. The van der Waals surface area contributed by atoms with Crippen molar-refractivity contribution in [1.29, 1.82) is 0 Å². The maximum Gasteiger partial charge on any atom is 0.0676 e. The van der Waals surface area contributed by atoms with Gasteiger partial charge in [0, 0.05) is 6.61 Å². The number of ether oxygens (including phenoxy) is 1. The topological polar surface area (TPSA) is 9.23 Å². The molecule has 60 valence electrons. The van der Waals surface area contributed by atoms with Crippen molar-refractivity contribution in [2.45, 2.75) is 34.1 Å². The molecule has 0 saturated carbocycles. The molecular formula is C9H18O. The Bertz CT molecular complexity index is 110. The van der Waals surface area contributed by atoms with Crippen LogP contribution in [0.5, 0.6) is 0 Å². The third kappa shape index (κ3) is 4.57. The molecule has 0 aliphatic carbocycles. The van der Waals surface area contributed by atoms with E-state index in [4.69, 9.17) is 4.74 Å². The predicted octanol–water partition coefficient (Wildman–Crippen LogP) is 2.77. The van der Waals surface area contributed by atoms with E-state index in [2.05, 4.69) is 27.7 Å². The zero-order chi connectivity index (χ0) is 7.98. The third-order valence-corrected chi connectivity index (χ3v) is 1.52. The molecule has 0 fully saturated rings. The van der Waals surface area contributed by atoms with Gasteiger partial charge in [-0.15, -0.1) is 0 Å². The van der Waals surface area contributed by atoms with Crippen LogP contribution in [0.15, 0.2) is 11.1 Å². The lowest BCUT2D eigenvalue weighted by Gasteiger charge is -2.03. The van der Waals surface area contributed by atoms with E-state index >= 15 is 0 Å². The van der Waals surface area contributed by atoms with E-state index in [-0.39, 0.29) is 0 Å². The maximum atomic E-state index is 5.35. The fraction of sp³-hybridized carbons (Fsp3) is 0.778. The number of rotatable bonds is 4. The zero-order valence-electron chi connectivity index (χ0n) is 7.53. The summed E-state index contributed by atoms with van der Waals surface area (Å²) < 4.78 is 5.35. The maximum absolute atomic E-state index is 5.35. The Morgan fingerprint density at radius 1 is 1.20 bits per heavy atom. The van der Waals surface area contributed by atoms with Crippen LogP contribution in [0, 0.1) is 0 Å². The average Bonchev–Trinajstić information content (AvgIpc) is 1.88. The van der Waals surface area contributed by atoms with Gasteiger partial charge < -0.3 is 4.74 Å². The fourth-order valence-corrected chi connectivity index (χ4v) is 0.514. The van der Waals surface area contributed by atoms with E-state index in [1.807, 2.05) is 0 Å². The van der Waals surface area contributed by atoms with Gasteiger partial charge in [-0.25, -0.2) is 0 Å². The van der Waals surface area contributed by atoms with Crippen molar-refractivity contribution in [3.8, 4) is 0 Å². The number of allylic oxidation sites excluding steroid dienone is 1. The van der Waals surface area contributed by atoms with Gasteiger partial charge in [0.25, 0.3) is 0 Å². The first-order valence-corrected chi connectivity index (χ1v) is 3.89. The summed E-state index contributed by atoms with van der Waals surface area (Å²) in [7, 11) is 0. The van der Waals surface area contributed by atoms with Crippen LogP contribution in [-0.4, -0.2) is 13.2 Å². The van der Waals surface area contributed by atoms with Crippen LogP contribution in [0.25, 0.3) is 0 Å². The Morgan fingerprint density at radius 3 is 2.20 bits per heavy atom. The minimum absolute atomic E-state index is 0.802. The van der Waals surface area contributed by atoms with Gasteiger partial charge in [-0.3, -0.25) is 0 Å². The molecule has 0 N–H and O–H groups in total. The highest BCUT2D eigenvalue weighted by atomic mass is 16.5. The molecule has 0 atom stereocenters. The molecule has 0 aliphatic heterocycles. The molecule has 0 aliphatic rings. The van der Waals surface area contributed by atoms with Crippen LogP contribution in [0.4, 0.5) is 0 Å². The van der Waals surface area contributed by atoms with Crippen LogP contribution in [0.3, 0.4) is 0 Å². The molecule has 0 spiro atoms. The Morgan fingerprint density at radius 2 is 1.80 bits per heavy atom. The van der Waals surface area contributed by atoms with Crippen molar-refractivity contribution >= 4 is 0 Å². The minimum atomic E-state index is 0.802. The molecule has 1 heteroatoms. The third-order valence-electron chi connectivity index (χ3n) is 1.52. The lowest BCUT2D eigenvalue weighted by molar-refractivity contribution is 0.156. The van der Waals surface area contributed by atoms with Gasteiger partial charge in [0.15, 0.2) is 0 Å². The van der Waals surface area contributed by atoms with E-state index in [1.54, 1.807) is 0 Å². The van der Waals surface area contributed by atoms with Crippen LogP contribution >= 0.6 is 0 Å². The molecule has 0 bridgehead atoms. The van der Waals surface area contributed by atoms with Gasteiger partial charge in [-0.1, -0.05) is 12.5 Å². The lowest BCUT2D eigenvalue weighted by Crippen LogP contribution is -1.97. The summed E-state index contributed by atoms with van der Waals surface area (Å²) in [5.41, 5.74) is 2.73. The SMILES string of the molecule is CCCOCC(C)=C(C)C. The fourth-order valence-electron chi connectivity index (χ4n) is 0.514. The molecule has 0 aromatic rings. The van der Waals surface area contributed by atoms with Crippen LogP contribution in [0.1, 0.15) is 34.1 Å². The molecule has 0 heterocycles. The Hall–Kier alpha value is -0.300. The van der Waals surface area contributed by atoms with E-state index in [9.17, 15) is 0 Å². The first-order valence-electron chi connectivity index (χ1n) is 3.89.